The van der Waals surface area contributed by atoms with Crippen LogP contribution in [-0.4, -0.2) is 63.3 Å². The van der Waals surface area contributed by atoms with Crippen LogP contribution in [0.1, 0.15) is 40.0 Å². The van der Waals surface area contributed by atoms with Crippen molar-refractivity contribution in [3.63, 3.8) is 0 Å². The molecule has 2 atom stereocenters. The molecule has 0 spiro atoms. The number of likely N-dealkylation sites (tertiary alicyclic amines) is 1. The lowest BCUT2D eigenvalue weighted by molar-refractivity contribution is 0.0205. The highest BCUT2D eigenvalue weighted by Gasteiger charge is 2.34. The summed E-state index contributed by atoms with van der Waals surface area (Å²) in [6.07, 6.45) is 4.30. The summed E-state index contributed by atoms with van der Waals surface area (Å²) in [6, 6.07) is 0.900. The van der Waals surface area contributed by atoms with E-state index in [2.05, 4.69) is 41.3 Å². The third kappa shape index (κ3) is 6.74. The molecule has 2 aliphatic rings. The number of methoxy groups -OCH3 is 1. The van der Waals surface area contributed by atoms with Crippen molar-refractivity contribution in [1.29, 1.82) is 0 Å². The Hall–Kier alpha value is -0.0800. The van der Waals surface area contributed by atoms with E-state index in [1.807, 2.05) is 7.05 Å². The summed E-state index contributed by atoms with van der Waals surface area (Å²) >= 11 is 0. The van der Waals surface area contributed by atoms with Crippen LogP contribution in [0.25, 0.3) is 0 Å². The fourth-order valence-electron chi connectivity index (χ4n) is 3.19. The van der Waals surface area contributed by atoms with Gasteiger partial charge >= 0.3 is 0 Å². The van der Waals surface area contributed by atoms with E-state index >= 15 is 0 Å². The summed E-state index contributed by atoms with van der Waals surface area (Å²) in [5, 5.41) is 6.88. The number of hydrogen-bond acceptors (Lipinski definition) is 3. The van der Waals surface area contributed by atoms with Crippen molar-refractivity contribution in [3.05, 3.63) is 0 Å². The van der Waals surface area contributed by atoms with Crippen LogP contribution >= 0.6 is 24.0 Å². The Morgan fingerprint density at radius 2 is 1.96 bits per heavy atom. The largest absolute Gasteiger partial charge is 0.379 e. The quantitative estimate of drug-likeness (QED) is 0.380. The topological polar surface area (TPSA) is 48.9 Å². The molecule has 2 unspecified atom stereocenters. The van der Waals surface area contributed by atoms with Gasteiger partial charge in [-0.05, 0) is 37.1 Å². The molecule has 0 aromatic heterocycles. The summed E-state index contributed by atoms with van der Waals surface area (Å²) in [5.74, 6) is 1.64. The van der Waals surface area contributed by atoms with Gasteiger partial charge in [0.05, 0.1) is 6.10 Å². The molecule has 2 N–H and O–H groups in total. The van der Waals surface area contributed by atoms with Crippen LogP contribution in [0, 0.1) is 11.3 Å². The zero-order valence-corrected chi connectivity index (χ0v) is 17.7. The van der Waals surface area contributed by atoms with Crippen molar-refractivity contribution >= 4 is 29.9 Å². The Morgan fingerprint density at radius 3 is 2.48 bits per heavy atom. The Morgan fingerprint density at radius 1 is 1.26 bits per heavy atom. The molecule has 1 saturated carbocycles. The van der Waals surface area contributed by atoms with E-state index in [9.17, 15) is 0 Å². The Bertz CT molecular complexity index is 379. The summed E-state index contributed by atoms with van der Waals surface area (Å²) < 4.78 is 5.58. The fourth-order valence-corrected chi connectivity index (χ4v) is 3.19. The van der Waals surface area contributed by atoms with E-state index in [0.29, 0.717) is 0 Å². The Balaban J connectivity index is 0.00000264. The molecular formula is C17H35IN4O. The smallest absolute Gasteiger partial charge is 0.191 e. The molecule has 2 fully saturated rings. The minimum absolute atomic E-state index is 0. The third-order valence-corrected chi connectivity index (χ3v) is 4.87. The Kier molecular flexibility index (Phi) is 8.58. The molecule has 1 aliphatic heterocycles. The van der Waals surface area contributed by atoms with Gasteiger partial charge in [-0.1, -0.05) is 20.8 Å². The second-order valence-corrected chi connectivity index (χ2v) is 7.81. The highest BCUT2D eigenvalue weighted by atomic mass is 127. The summed E-state index contributed by atoms with van der Waals surface area (Å²) in [4.78, 5) is 6.98. The highest BCUT2D eigenvalue weighted by molar-refractivity contribution is 14.0. The van der Waals surface area contributed by atoms with E-state index in [1.54, 1.807) is 7.11 Å². The highest BCUT2D eigenvalue weighted by Crippen LogP contribution is 2.31. The van der Waals surface area contributed by atoms with E-state index in [-0.39, 0.29) is 35.5 Å². The van der Waals surface area contributed by atoms with Crippen LogP contribution in [0.2, 0.25) is 0 Å². The number of ether oxygens (including phenoxy) is 1. The molecule has 1 heterocycles. The van der Waals surface area contributed by atoms with Crippen LogP contribution in [0.3, 0.4) is 0 Å². The van der Waals surface area contributed by atoms with E-state index in [1.165, 1.54) is 32.4 Å². The Labute approximate surface area is 159 Å². The average molecular weight is 438 g/mol. The number of guanidine groups is 1. The molecule has 2 rings (SSSR count). The first-order chi connectivity index (χ1) is 10.4. The van der Waals surface area contributed by atoms with Gasteiger partial charge in [0.2, 0.25) is 0 Å². The van der Waals surface area contributed by atoms with Gasteiger partial charge in [0.1, 0.15) is 0 Å². The first-order valence-corrected chi connectivity index (χ1v) is 8.65. The van der Waals surface area contributed by atoms with Crippen LogP contribution in [-0.2, 0) is 4.74 Å². The van der Waals surface area contributed by atoms with Crippen molar-refractivity contribution in [2.45, 2.75) is 52.2 Å². The van der Waals surface area contributed by atoms with Crippen LogP contribution in [0.4, 0.5) is 0 Å². The van der Waals surface area contributed by atoms with Crippen molar-refractivity contribution in [2.75, 3.05) is 40.3 Å². The average Bonchev–Trinajstić information content (AvgIpc) is 3.21. The van der Waals surface area contributed by atoms with E-state index in [0.717, 1.165) is 31.0 Å². The van der Waals surface area contributed by atoms with Gasteiger partial charge in [0, 0.05) is 39.8 Å². The molecule has 1 aliphatic carbocycles. The normalized spacial score (nSPS) is 24.2. The number of nitrogens with one attached hydrogen (secondary N) is 2. The predicted molar refractivity (Wildman–Crippen MR) is 108 cm³/mol. The summed E-state index contributed by atoms with van der Waals surface area (Å²) in [6.45, 7) is 10.9. The molecule has 0 aromatic carbocycles. The molecular weight excluding hydrogens is 403 g/mol. The number of rotatable bonds is 6. The summed E-state index contributed by atoms with van der Waals surface area (Å²) in [7, 11) is 3.61. The molecule has 0 aromatic rings. The first kappa shape index (κ1) is 21.0. The zero-order chi connectivity index (χ0) is 16.2. The van der Waals surface area contributed by atoms with E-state index < -0.39 is 0 Å². The lowest BCUT2D eigenvalue weighted by Crippen LogP contribution is -2.46. The van der Waals surface area contributed by atoms with Crippen LogP contribution < -0.4 is 10.6 Å². The molecule has 0 amide bonds. The lowest BCUT2D eigenvalue weighted by Gasteiger charge is -2.30. The van der Waals surface area contributed by atoms with Gasteiger partial charge in [0.15, 0.2) is 5.96 Å². The van der Waals surface area contributed by atoms with Crippen molar-refractivity contribution in [2.24, 2.45) is 16.3 Å². The lowest BCUT2D eigenvalue weighted by atomic mass is 9.89. The van der Waals surface area contributed by atoms with Crippen LogP contribution in [0.15, 0.2) is 4.99 Å². The monoisotopic (exact) mass is 438 g/mol. The second kappa shape index (κ2) is 9.42. The van der Waals surface area contributed by atoms with Gasteiger partial charge in [-0.3, -0.25) is 4.99 Å². The minimum Gasteiger partial charge on any atom is -0.379 e. The van der Waals surface area contributed by atoms with Gasteiger partial charge in [-0.25, -0.2) is 0 Å². The van der Waals surface area contributed by atoms with Crippen molar-refractivity contribution < 1.29 is 4.74 Å². The van der Waals surface area contributed by atoms with E-state index in [4.69, 9.17) is 4.74 Å². The van der Waals surface area contributed by atoms with Gasteiger partial charge < -0.3 is 20.3 Å². The maximum atomic E-state index is 5.58. The van der Waals surface area contributed by atoms with Gasteiger partial charge in [-0.2, -0.15) is 0 Å². The number of nitrogens with zero attached hydrogens (tertiary/aromatic N) is 2. The SMILES string of the molecule is CN=C(NCC1CCN(C2CC2)C1)NCC(OC)C(C)(C)C.I. The molecule has 0 radical (unpaired) electrons. The molecule has 136 valence electrons. The van der Waals surface area contributed by atoms with Gasteiger partial charge in [-0.15, -0.1) is 24.0 Å². The van der Waals surface area contributed by atoms with Crippen LogP contribution in [0.5, 0.6) is 0 Å². The number of hydrogen-bond donors (Lipinski definition) is 2. The molecule has 5 nitrogen and oxygen atoms in total. The molecule has 0 bridgehead atoms. The molecule has 1 saturated heterocycles. The van der Waals surface area contributed by atoms with Gasteiger partial charge in [0.25, 0.3) is 0 Å². The standard InChI is InChI=1S/C17H34N4O.HI/c1-17(2,3)15(22-5)11-20-16(18-4)19-10-13-8-9-21(12-13)14-6-7-14;/h13-15H,6-12H2,1-5H3,(H2,18,19,20);1H. The molecule has 6 heteroatoms. The summed E-state index contributed by atoms with van der Waals surface area (Å²) in [5.41, 5.74) is 0.122. The number of halogens is 1. The molecule has 23 heavy (non-hydrogen) atoms. The zero-order valence-electron chi connectivity index (χ0n) is 15.4. The van der Waals surface area contributed by atoms with Crippen molar-refractivity contribution in [3.8, 4) is 0 Å². The third-order valence-electron chi connectivity index (χ3n) is 4.87. The maximum Gasteiger partial charge on any atom is 0.191 e. The maximum absolute atomic E-state index is 5.58. The second-order valence-electron chi connectivity index (χ2n) is 7.81. The number of aliphatic imine (C=N–C) groups is 1. The fraction of sp³-hybridized carbons (Fsp3) is 0.941. The van der Waals surface area contributed by atoms with Crippen molar-refractivity contribution in [1.82, 2.24) is 15.5 Å². The minimum atomic E-state index is 0. The first-order valence-electron chi connectivity index (χ1n) is 8.65. The predicted octanol–water partition coefficient (Wildman–Crippen LogP) is 2.31.